The van der Waals surface area contributed by atoms with E-state index in [2.05, 4.69) is 0 Å². The second-order valence-corrected chi connectivity index (χ2v) is 5.27. The standard InChI is InChI=1S/C19H17F2NO4/c1-3-25-18(23)9-12-4-5-16(24-2)17(8-12)26-15-7-13(11-22)6-14(10-15)19(20)21/h4-8,10,19H,3,9H2,1-2H3. The van der Waals surface area contributed by atoms with Crippen LogP contribution in [-0.2, 0) is 16.0 Å². The molecule has 2 aromatic carbocycles. The van der Waals surface area contributed by atoms with Crippen LogP contribution in [0, 0.1) is 11.3 Å². The molecule has 136 valence electrons. The number of alkyl halides is 2. The average molecular weight is 361 g/mol. The van der Waals surface area contributed by atoms with Crippen molar-refractivity contribution < 1.29 is 27.8 Å². The smallest absolute Gasteiger partial charge is 0.310 e. The highest BCUT2D eigenvalue weighted by Crippen LogP contribution is 2.34. The van der Waals surface area contributed by atoms with Crippen LogP contribution >= 0.6 is 0 Å². The third kappa shape index (κ3) is 4.93. The van der Waals surface area contributed by atoms with Crippen molar-refractivity contribution in [1.29, 1.82) is 5.26 Å². The molecule has 0 amide bonds. The molecule has 2 aromatic rings. The molecule has 0 heterocycles. The number of rotatable bonds is 7. The van der Waals surface area contributed by atoms with E-state index in [1.807, 2.05) is 6.07 Å². The minimum absolute atomic E-state index is 0.0364. The van der Waals surface area contributed by atoms with Gasteiger partial charge < -0.3 is 14.2 Å². The zero-order valence-electron chi connectivity index (χ0n) is 14.3. The Morgan fingerprint density at radius 1 is 1.19 bits per heavy atom. The summed E-state index contributed by atoms with van der Waals surface area (Å²) in [5, 5.41) is 9.00. The minimum Gasteiger partial charge on any atom is -0.493 e. The number of halogens is 2. The molecule has 0 radical (unpaired) electrons. The van der Waals surface area contributed by atoms with Crippen molar-refractivity contribution in [3.63, 3.8) is 0 Å². The van der Waals surface area contributed by atoms with Crippen LogP contribution in [0.25, 0.3) is 0 Å². The van der Waals surface area contributed by atoms with E-state index in [4.69, 9.17) is 19.5 Å². The SMILES string of the molecule is CCOC(=O)Cc1ccc(OC)c(Oc2cc(C#N)cc(C(F)F)c2)c1. The Balaban J connectivity index is 2.34. The number of carbonyl (C=O) groups excluding carboxylic acids is 1. The third-order valence-corrected chi connectivity index (χ3v) is 3.42. The van der Waals surface area contributed by atoms with Gasteiger partial charge in [0, 0.05) is 5.56 Å². The molecule has 0 saturated carbocycles. The molecule has 0 fully saturated rings. The van der Waals surface area contributed by atoms with E-state index in [-0.39, 0.29) is 35.7 Å². The number of hydrogen-bond acceptors (Lipinski definition) is 5. The fourth-order valence-corrected chi connectivity index (χ4v) is 2.29. The number of nitrogens with zero attached hydrogens (tertiary/aromatic N) is 1. The first kappa shape index (κ1) is 19.2. The highest BCUT2D eigenvalue weighted by molar-refractivity contribution is 5.73. The monoisotopic (exact) mass is 361 g/mol. The largest absolute Gasteiger partial charge is 0.493 e. The predicted octanol–water partition coefficient (Wildman–Crippen LogP) is 4.40. The van der Waals surface area contributed by atoms with Crippen molar-refractivity contribution in [3.8, 4) is 23.3 Å². The summed E-state index contributed by atoms with van der Waals surface area (Å²) in [6.45, 7) is 1.99. The molecule has 0 aliphatic heterocycles. The molecule has 0 atom stereocenters. The van der Waals surface area contributed by atoms with Crippen LogP contribution in [0.3, 0.4) is 0 Å². The quantitative estimate of drug-likeness (QED) is 0.684. The first-order valence-electron chi connectivity index (χ1n) is 7.80. The Hall–Kier alpha value is -3.14. The van der Waals surface area contributed by atoms with Gasteiger partial charge in [0.05, 0.1) is 31.8 Å². The number of esters is 1. The highest BCUT2D eigenvalue weighted by atomic mass is 19.3. The summed E-state index contributed by atoms with van der Waals surface area (Å²) in [6, 6.07) is 10.3. The number of ether oxygens (including phenoxy) is 3. The van der Waals surface area contributed by atoms with Gasteiger partial charge in [-0.25, -0.2) is 8.78 Å². The molecule has 0 saturated heterocycles. The van der Waals surface area contributed by atoms with Gasteiger partial charge in [0.1, 0.15) is 5.75 Å². The number of nitriles is 1. The lowest BCUT2D eigenvalue weighted by atomic mass is 10.1. The van der Waals surface area contributed by atoms with Crippen LogP contribution in [0.4, 0.5) is 8.78 Å². The van der Waals surface area contributed by atoms with E-state index in [0.717, 1.165) is 12.1 Å². The van der Waals surface area contributed by atoms with Crippen LogP contribution < -0.4 is 9.47 Å². The highest BCUT2D eigenvalue weighted by Gasteiger charge is 2.14. The van der Waals surface area contributed by atoms with E-state index in [1.165, 1.54) is 13.2 Å². The van der Waals surface area contributed by atoms with Crippen LogP contribution in [0.15, 0.2) is 36.4 Å². The van der Waals surface area contributed by atoms with E-state index >= 15 is 0 Å². The Morgan fingerprint density at radius 3 is 2.58 bits per heavy atom. The minimum atomic E-state index is -2.73. The van der Waals surface area contributed by atoms with Crippen LogP contribution in [0.2, 0.25) is 0 Å². The van der Waals surface area contributed by atoms with Gasteiger partial charge in [0.25, 0.3) is 6.43 Å². The molecule has 0 bridgehead atoms. The van der Waals surface area contributed by atoms with Gasteiger partial charge in [0.2, 0.25) is 0 Å². The van der Waals surface area contributed by atoms with Gasteiger partial charge in [-0.05, 0) is 42.8 Å². The Morgan fingerprint density at radius 2 is 1.96 bits per heavy atom. The fourth-order valence-electron chi connectivity index (χ4n) is 2.29. The molecule has 2 rings (SSSR count). The summed E-state index contributed by atoms with van der Waals surface area (Å²) in [5.41, 5.74) is 0.352. The van der Waals surface area contributed by atoms with Crippen molar-refractivity contribution in [2.24, 2.45) is 0 Å². The molecule has 26 heavy (non-hydrogen) atoms. The van der Waals surface area contributed by atoms with Gasteiger partial charge in [-0.15, -0.1) is 0 Å². The van der Waals surface area contributed by atoms with E-state index in [1.54, 1.807) is 25.1 Å². The van der Waals surface area contributed by atoms with Crippen LogP contribution in [-0.4, -0.2) is 19.7 Å². The third-order valence-electron chi connectivity index (χ3n) is 3.42. The van der Waals surface area contributed by atoms with Gasteiger partial charge in [-0.3, -0.25) is 4.79 Å². The van der Waals surface area contributed by atoms with Crippen molar-refractivity contribution in [3.05, 3.63) is 53.1 Å². The molecule has 0 spiro atoms. The molecular weight excluding hydrogens is 344 g/mol. The van der Waals surface area contributed by atoms with E-state index in [9.17, 15) is 13.6 Å². The lowest BCUT2D eigenvalue weighted by Crippen LogP contribution is -2.07. The fraction of sp³-hybridized carbons (Fsp3) is 0.263. The maximum Gasteiger partial charge on any atom is 0.310 e. The molecule has 7 heteroatoms. The van der Waals surface area contributed by atoms with Gasteiger partial charge in [-0.1, -0.05) is 6.07 Å². The zero-order valence-corrected chi connectivity index (χ0v) is 14.3. The van der Waals surface area contributed by atoms with Crippen LogP contribution in [0.1, 0.15) is 30.0 Å². The van der Waals surface area contributed by atoms with Crippen molar-refractivity contribution >= 4 is 5.97 Å². The molecule has 0 aliphatic carbocycles. The second kappa shape index (κ2) is 8.81. The lowest BCUT2D eigenvalue weighted by Gasteiger charge is -2.13. The maximum absolute atomic E-state index is 13.0. The van der Waals surface area contributed by atoms with E-state index < -0.39 is 12.4 Å². The number of carbonyl (C=O) groups is 1. The second-order valence-electron chi connectivity index (χ2n) is 5.27. The molecule has 5 nitrogen and oxygen atoms in total. The van der Waals surface area contributed by atoms with Crippen molar-refractivity contribution in [2.45, 2.75) is 19.8 Å². The number of benzene rings is 2. The number of hydrogen-bond donors (Lipinski definition) is 0. The average Bonchev–Trinajstić information content (AvgIpc) is 2.61. The van der Waals surface area contributed by atoms with Crippen molar-refractivity contribution in [2.75, 3.05) is 13.7 Å². The summed E-state index contributed by atoms with van der Waals surface area (Å²) in [5.74, 6) is 0.282. The number of methoxy groups -OCH3 is 1. The summed E-state index contributed by atoms with van der Waals surface area (Å²) < 4.78 is 41.7. The van der Waals surface area contributed by atoms with Gasteiger partial charge in [-0.2, -0.15) is 5.26 Å². The van der Waals surface area contributed by atoms with Crippen LogP contribution in [0.5, 0.6) is 17.2 Å². The Bertz CT molecular complexity index is 831. The first-order valence-corrected chi connectivity index (χ1v) is 7.80. The van der Waals surface area contributed by atoms with Crippen molar-refractivity contribution in [1.82, 2.24) is 0 Å². The first-order chi connectivity index (χ1) is 12.5. The zero-order chi connectivity index (χ0) is 19.1. The van der Waals surface area contributed by atoms with E-state index in [0.29, 0.717) is 11.3 Å². The summed E-state index contributed by atoms with van der Waals surface area (Å²) in [6.07, 6.45) is -2.70. The molecule has 0 unspecified atom stereocenters. The molecule has 0 aliphatic rings. The van der Waals surface area contributed by atoms with Gasteiger partial charge in [0.15, 0.2) is 11.5 Å². The predicted molar refractivity (Wildman–Crippen MR) is 89.5 cm³/mol. The topological polar surface area (TPSA) is 68.6 Å². The molecule has 0 aromatic heterocycles. The summed E-state index contributed by atoms with van der Waals surface area (Å²) in [4.78, 5) is 11.6. The summed E-state index contributed by atoms with van der Waals surface area (Å²) in [7, 11) is 1.43. The maximum atomic E-state index is 13.0. The Labute approximate surface area is 149 Å². The molecular formula is C19H17F2NO4. The summed E-state index contributed by atoms with van der Waals surface area (Å²) >= 11 is 0. The lowest BCUT2D eigenvalue weighted by molar-refractivity contribution is -0.142. The normalized spacial score (nSPS) is 10.3. The van der Waals surface area contributed by atoms with Gasteiger partial charge >= 0.3 is 5.97 Å². The Kier molecular flexibility index (Phi) is 6.50. The molecule has 0 N–H and O–H groups in total.